The summed E-state index contributed by atoms with van der Waals surface area (Å²) in [4.78, 5) is 12.4. The molecule has 2 rings (SSSR count). The lowest BCUT2D eigenvalue weighted by Crippen LogP contribution is -2.27. The van der Waals surface area contributed by atoms with Crippen LogP contribution in [0.1, 0.15) is 16.1 Å². The quantitative estimate of drug-likeness (QED) is 0.711. The van der Waals surface area contributed by atoms with E-state index in [0.717, 1.165) is 10.1 Å². The smallest absolute Gasteiger partial charge is 0.263 e. The summed E-state index contributed by atoms with van der Waals surface area (Å²) in [5.74, 6) is -0.510. The lowest BCUT2D eigenvalue weighted by atomic mass is 10.2. The van der Waals surface area contributed by atoms with E-state index in [9.17, 15) is 13.2 Å². The average Bonchev–Trinajstić information content (AvgIpc) is 2.71. The highest BCUT2D eigenvalue weighted by atomic mass is 35.5. The van der Waals surface area contributed by atoms with E-state index in [1.807, 2.05) is 0 Å². The molecular formula is C12H14ClN3O3S2. The maximum Gasteiger partial charge on any atom is 0.263 e. The summed E-state index contributed by atoms with van der Waals surface area (Å²) >= 11 is 7.17. The number of sulfonamides is 1. The second-order valence-electron chi connectivity index (χ2n) is 4.46. The fourth-order valence-electron chi connectivity index (χ4n) is 1.81. The van der Waals surface area contributed by atoms with Gasteiger partial charge in [-0.1, -0.05) is 11.6 Å². The molecule has 1 amide bonds. The first-order valence-electron chi connectivity index (χ1n) is 6.04. The van der Waals surface area contributed by atoms with Gasteiger partial charge in [-0.25, -0.2) is 13.6 Å². The number of carbonyl (C=O) groups is 1. The minimum absolute atomic E-state index is 0.176. The van der Waals surface area contributed by atoms with E-state index in [1.165, 1.54) is 11.3 Å². The molecule has 0 fully saturated rings. The predicted octanol–water partition coefficient (Wildman–Crippen LogP) is 1.55. The van der Waals surface area contributed by atoms with Crippen molar-refractivity contribution in [1.82, 2.24) is 5.32 Å². The van der Waals surface area contributed by atoms with Crippen LogP contribution in [-0.2, 0) is 10.0 Å². The van der Waals surface area contributed by atoms with E-state index in [1.54, 1.807) is 18.2 Å². The molecule has 0 atom stereocenters. The number of carbonyl (C=O) groups excluding carboxylic acids is 1. The molecule has 0 saturated carbocycles. The van der Waals surface area contributed by atoms with Crippen LogP contribution in [0.15, 0.2) is 18.2 Å². The molecule has 2 aromatic rings. The second-order valence-corrected chi connectivity index (χ2v) is 7.68. The van der Waals surface area contributed by atoms with Crippen molar-refractivity contribution in [3.05, 3.63) is 28.1 Å². The van der Waals surface area contributed by atoms with Crippen LogP contribution in [0.3, 0.4) is 0 Å². The van der Waals surface area contributed by atoms with Crippen LogP contribution in [0.25, 0.3) is 10.1 Å². The SMILES string of the molecule is Nc1c(C(=O)NCCCS(N)(=O)=O)sc2ccc(Cl)cc12. The number of hydrogen-bond acceptors (Lipinski definition) is 5. The molecule has 0 unspecified atom stereocenters. The third-order valence-electron chi connectivity index (χ3n) is 2.79. The van der Waals surface area contributed by atoms with Crippen molar-refractivity contribution in [2.45, 2.75) is 6.42 Å². The van der Waals surface area contributed by atoms with E-state index in [-0.39, 0.29) is 24.6 Å². The number of nitrogens with two attached hydrogens (primary N) is 2. The Morgan fingerprint density at radius 3 is 2.76 bits per heavy atom. The Morgan fingerprint density at radius 1 is 1.38 bits per heavy atom. The van der Waals surface area contributed by atoms with Gasteiger partial charge in [0.2, 0.25) is 10.0 Å². The van der Waals surface area contributed by atoms with Crippen molar-refractivity contribution in [3.63, 3.8) is 0 Å². The average molecular weight is 348 g/mol. The van der Waals surface area contributed by atoms with Crippen LogP contribution >= 0.6 is 22.9 Å². The van der Waals surface area contributed by atoms with Gasteiger partial charge in [-0.2, -0.15) is 0 Å². The second kappa shape index (κ2) is 6.18. The fraction of sp³-hybridized carbons (Fsp3) is 0.250. The van der Waals surface area contributed by atoms with Gasteiger partial charge in [-0.15, -0.1) is 11.3 Å². The molecule has 114 valence electrons. The Kier molecular flexibility index (Phi) is 4.72. The summed E-state index contributed by atoms with van der Waals surface area (Å²) in [7, 11) is -3.51. The zero-order valence-corrected chi connectivity index (χ0v) is 13.3. The molecule has 21 heavy (non-hydrogen) atoms. The van der Waals surface area contributed by atoms with Crippen LogP contribution in [0.2, 0.25) is 5.02 Å². The van der Waals surface area contributed by atoms with Crippen molar-refractivity contribution >= 4 is 54.6 Å². The van der Waals surface area contributed by atoms with E-state index in [0.29, 0.717) is 15.6 Å². The molecule has 1 aromatic heterocycles. The minimum Gasteiger partial charge on any atom is -0.397 e. The van der Waals surface area contributed by atoms with E-state index < -0.39 is 10.0 Å². The van der Waals surface area contributed by atoms with Crippen molar-refractivity contribution in [1.29, 1.82) is 0 Å². The van der Waals surface area contributed by atoms with Gasteiger partial charge in [0.1, 0.15) is 4.88 Å². The summed E-state index contributed by atoms with van der Waals surface area (Å²) in [6, 6.07) is 5.24. The Morgan fingerprint density at radius 2 is 2.10 bits per heavy atom. The zero-order chi connectivity index (χ0) is 15.6. The first kappa shape index (κ1) is 16.0. The van der Waals surface area contributed by atoms with Crippen LogP contribution in [-0.4, -0.2) is 26.6 Å². The summed E-state index contributed by atoms with van der Waals surface area (Å²) < 4.78 is 22.4. The van der Waals surface area contributed by atoms with Gasteiger partial charge in [-0.05, 0) is 24.6 Å². The van der Waals surface area contributed by atoms with Crippen LogP contribution in [0.5, 0.6) is 0 Å². The first-order chi connectivity index (χ1) is 9.78. The molecule has 6 nitrogen and oxygen atoms in total. The third-order valence-corrected chi connectivity index (χ3v) is 5.06. The summed E-state index contributed by atoms with van der Waals surface area (Å²) in [6.07, 6.45) is 0.251. The van der Waals surface area contributed by atoms with Crippen molar-refractivity contribution in [2.24, 2.45) is 5.14 Å². The number of benzene rings is 1. The molecule has 0 aliphatic carbocycles. The molecule has 0 aliphatic heterocycles. The number of nitrogen functional groups attached to an aromatic ring is 1. The standard InChI is InChI=1S/C12H14ClN3O3S2/c13-7-2-3-9-8(6-7)10(14)11(20-9)12(17)16-4-1-5-21(15,18)19/h2-3,6H,1,4-5,14H2,(H,16,17)(H2,15,18,19). The highest BCUT2D eigenvalue weighted by molar-refractivity contribution is 7.89. The lowest BCUT2D eigenvalue weighted by molar-refractivity contribution is 0.0958. The largest absolute Gasteiger partial charge is 0.397 e. The Bertz CT molecular complexity index is 786. The maximum absolute atomic E-state index is 12.1. The summed E-state index contributed by atoms with van der Waals surface area (Å²) in [5, 5.41) is 8.79. The van der Waals surface area contributed by atoms with Crippen LogP contribution in [0.4, 0.5) is 5.69 Å². The van der Waals surface area contributed by atoms with Crippen molar-refractivity contribution in [2.75, 3.05) is 18.0 Å². The fourth-order valence-corrected chi connectivity index (χ4v) is 3.55. The Labute approximate surface area is 131 Å². The van der Waals surface area contributed by atoms with Gasteiger partial charge < -0.3 is 11.1 Å². The third kappa shape index (κ3) is 4.07. The topological polar surface area (TPSA) is 115 Å². The number of hydrogen-bond donors (Lipinski definition) is 3. The molecular weight excluding hydrogens is 334 g/mol. The molecule has 1 heterocycles. The molecule has 5 N–H and O–H groups in total. The molecule has 1 aromatic carbocycles. The van der Waals surface area contributed by atoms with Crippen LogP contribution < -0.4 is 16.2 Å². The summed E-state index contributed by atoms with van der Waals surface area (Å²) in [5.41, 5.74) is 6.33. The molecule has 9 heteroatoms. The highest BCUT2D eigenvalue weighted by Crippen LogP contribution is 2.35. The number of primary sulfonamides is 1. The van der Waals surface area contributed by atoms with Gasteiger partial charge in [0.15, 0.2) is 0 Å². The van der Waals surface area contributed by atoms with E-state index in [4.69, 9.17) is 22.5 Å². The molecule has 0 bridgehead atoms. The van der Waals surface area contributed by atoms with Crippen LogP contribution in [0, 0.1) is 0 Å². The molecule has 0 radical (unpaired) electrons. The maximum atomic E-state index is 12.1. The van der Waals surface area contributed by atoms with Gasteiger partial charge in [0, 0.05) is 21.7 Å². The van der Waals surface area contributed by atoms with Crippen molar-refractivity contribution in [3.8, 4) is 0 Å². The normalized spacial score (nSPS) is 11.7. The van der Waals surface area contributed by atoms with Gasteiger partial charge in [-0.3, -0.25) is 4.79 Å². The molecule has 0 spiro atoms. The highest BCUT2D eigenvalue weighted by Gasteiger charge is 2.16. The molecule has 0 aliphatic rings. The van der Waals surface area contributed by atoms with E-state index >= 15 is 0 Å². The number of thiophene rings is 1. The molecule has 0 saturated heterocycles. The number of nitrogens with one attached hydrogen (secondary N) is 1. The number of rotatable bonds is 5. The number of fused-ring (bicyclic) bond motifs is 1. The van der Waals surface area contributed by atoms with Gasteiger partial charge >= 0.3 is 0 Å². The van der Waals surface area contributed by atoms with Gasteiger partial charge in [0.25, 0.3) is 5.91 Å². The first-order valence-corrected chi connectivity index (χ1v) is 8.95. The van der Waals surface area contributed by atoms with E-state index in [2.05, 4.69) is 5.32 Å². The number of anilines is 1. The minimum atomic E-state index is -3.51. The summed E-state index contributed by atoms with van der Waals surface area (Å²) in [6.45, 7) is 0.212. The van der Waals surface area contributed by atoms with Gasteiger partial charge in [0.05, 0.1) is 11.4 Å². The lowest BCUT2D eigenvalue weighted by Gasteiger charge is -2.03. The Balaban J connectivity index is 2.08. The predicted molar refractivity (Wildman–Crippen MR) is 86.2 cm³/mol. The Hall–Kier alpha value is -1.35. The zero-order valence-electron chi connectivity index (χ0n) is 10.9. The monoisotopic (exact) mass is 347 g/mol. The number of amides is 1. The number of halogens is 1. The van der Waals surface area contributed by atoms with Crippen molar-refractivity contribution < 1.29 is 13.2 Å².